The molecule has 0 atom stereocenters. The Balaban J connectivity index is 2.26. The van der Waals surface area contributed by atoms with E-state index in [1.54, 1.807) is 12.1 Å². The highest BCUT2D eigenvalue weighted by atomic mass is 32.2. The van der Waals surface area contributed by atoms with Crippen molar-refractivity contribution in [1.29, 1.82) is 0 Å². The standard InChI is InChI=1S/C17H20N2O3S/c1-12-10-14(19(2)3)8-9-16(12)18-17(20)13-6-5-7-15(11-13)23(4,21)22/h5-11H,1-4H3,(H,18,20). The van der Waals surface area contributed by atoms with Crippen molar-refractivity contribution in [1.82, 2.24) is 0 Å². The Morgan fingerprint density at radius 2 is 1.78 bits per heavy atom. The first-order valence-electron chi connectivity index (χ1n) is 7.08. The molecule has 0 bridgehead atoms. The summed E-state index contributed by atoms with van der Waals surface area (Å²) >= 11 is 0. The van der Waals surface area contributed by atoms with E-state index in [1.165, 1.54) is 12.1 Å². The highest BCUT2D eigenvalue weighted by Crippen LogP contribution is 2.22. The van der Waals surface area contributed by atoms with Crippen LogP contribution in [0.2, 0.25) is 0 Å². The van der Waals surface area contributed by atoms with E-state index >= 15 is 0 Å². The zero-order chi connectivity index (χ0) is 17.2. The molecule has 23 heavy (non-hydrogen) atoms. The van der Waals surface area contributed by atoms with Crippen LogP contribution in [0.4, 0.5) is 11.4 Å². The maximum Gasteiger partial charge on any atom is 0.255 e. The average Bonchev–Trinajstić information content (AvgIpc) is 2.48. The number of aryl methyl sites for hydroxylation is 1. The van der Waals surface area contributed by atoms with Gasteiger partial charge in [-0.25, -0.2) is 8.42 Å². The van der Waals surface area contributed by atoms with Crippen LogP contribution in [-0.2, 0) is 9.84 Å². The van der Waals surface area contributed by atoms with E-state index < -0.39 is 9.84 Å². The molecule has 6 heteroatoms. The van der Waals surface area contributed by atoms with E-state index in [4.69, 9.17) is 0 Å². The molecule has 0 aliphatic rings. The van der Waals surface area contributed by atoms with Crippen molar-refractivity contribution in [3.63, 3.8) is 0 Å². The second-order valence-electron chi connectivity index (χ2n) is 5.65. The van der Waals surface area contributed by atoms with Crippen LogP contribution >= 0.6 is 0 Å². The Bertz CT molecular complexity index is 843. The van der Waals surface area contributed by atoms with Crippen molar-refractivity contribution in [2.24, 2.45) is 0 Å². The lowest BCUT2D eigenvalue weighted by atomic mass is 10.1. The molecule has 1 amide bonds. The number of nitrogens with one attached hydrogen (secondary N) is 1. The number of anilines is 2. The highest BCUT2D eigenvalue weighted by Gasteiger charge is 2.12. The number of nitrogens with zero attached hydrogens (tertiary/aromatic N) is 1. The fourth-order valence-electron chi connectivity index (χ4n) is 2.13. The van der Waals surface area contributed by atoms with Crippen LogP contribution in [0.15, 0.2) is 47.4 Å². The molecule has 0 aliphatic carbocycles. The van der Waals surface area contributed by atoms with E-state index in [1.807, 2.05) is 44.1 Å². The lowest BCUT2D eigenvalue weighted by Gasteiger charge is -2.15. The molecule has 0 radical (unpaired) electrons. The topological polar surface area (TPSA) is 66.5 Å². The Labute approximate surface area is 136 Å². The first-order chi connectivity index (χ1) is 10.7. The van der Waals surface area contributed by atoms with Gasteiger partial charge in [0.15, 0.2) is 9.84 Å². The van der Waals surface area contributed by atoms with Gasteiger partial charge in [0.25, 0.3) is 5.91 Å². The third-order valence-corrected chi connectivity index (χ3v) is 4.61. The Kier molecular flexibility index (Phi) is 4.75. The fourth-order valence-corrected chi connectivity index (χ4v) is 2.80. The number of benzene rings is 2. The van der Waals surface area contributed by atoms with E-state index in [-0.39, 0.29) is 10.8 Å². The van der Waals surface area contributed by atoms with Gasteiger partial charge in [-0.05, 0) is 48.9 Å². The SMILES string of the molecule is Cc1cc(N(C)C)ccc1NC(=O)c1cccc(S(C)(=O)=O)c1. The van der Waals surface area contributed by atoms with Gasteiger partial charge >= 0.3 is 0 Å². The Morgan fingerprint density at radius 3 is 2.35 bits per heavy atom. The third kappa shape index (κ3) is 4.10. The number of hydrogen-bond donors (Lipinski definition) is 1. The van der Waals surface area contributed by atoms with Crippen LogP contribution in [0.1, 0.15) is 15.9 Å². The highest BCUT2D eigenvalue weighted by molar-refractivity contribution is 7.90. The molecular formula is C17H20N2O3S. The molecule has 2 aromatic carbocycles. The van der Waals surface area contributed by atoms with Gasteiger partial charge in [0, 0.05) is 37.3 Å². The van der Waals surface area contributed by atoms with Gasteiger partial charge in [0.2, 0.25) is 0 Å². The zero-order valence-electron chi connectivity index (χ0n) is 13.6. The van der Waals surface area contributed by atoms with E-state index in [9.17, 15) is 13.2 Å². The molecule has 0 saturated carbocycles. The van der Waals surface area contributed by atoms with Crippen LogP contribution < -0.4 is 10.2 Å². The van der Waals surface area contributed by atoms with Gasteiger partial charge in [-0.3, -0.25) is 4.79 Å². The molecule has 0 saturated heterocycles. The van der Waals surface area contributed by atoms with Crippen molar-refractivity contribution < 1.29 is 13.2 Å². The van der Waals surface area contributed by atoms with E-state index in [0.717, 1.165) is 17.5 Å². The van der Waals surface area contributed by atoms with Crippen molar-refractivity contribution in [2.75, 3.05) is 30.6 Å². The fraction of sp³-hybridized carbons (Fsp3) is 0.235. The summed E-state index contributed by atoms with van der Waals surface area (Å²) in [4.78, 5) is 14.5. The first kappa shape index (κ1) is 17.0. The minimum atomic E-state index is -3.34. The quantitative estimate of drug-likeness (QED) is 0.935. The van der Waals surface area contributed by atoms with Crippen molar-refractivity contribution >= 4 is 27.1 Å². The zero-order valence-corrected chi connectivity index (χ0v) is 14.4. The predicted molar refractivity (Wildman–Crippen MR) is 93.0 cm³/mol. The minimum absolute atomic E-state index is 0.129. The molecule has 0 aliphatic heterocycles. The molecule has 2 rings (SSSR count). The summed E-state index contributed by atoms with van der Waals surface area (Å²) in [5.74, 6) is -0.337. The molecule has 122 valence electrons. The number of carbonyl (C=O) groups excluding carboxylic acids is 1. The number of amides is 1. The maximum atomic E-state index is 12.3. The molecule has 0 spiro atoms. The monoisotopic (exact) mass is 332 g/mol. The van der Waals surface area contributed by atoms with Gasteiger partial charge in [0.1, 0.15) is 0 Å². The molecular weight excluding hydrogens is 312 g/mol. The van der Waals surface area contributed by atoms with Crippen LogP contribution in [0.25, 0.3) is 0 Å². The summed E-state index contributed by atoms with van der Waals surface area (Å²) in [6.07, 6.45) is 1.12. The second kappa shape index (κ2) is 6.42. The summed E-state index contributed by atoms with van der Waals surface area (Å²) in [5.41, 5.74) is 2.98. The number of hydrogen-bond acceptors (Lipinski definition) is 4. The average molecular weight is 332 g/mol. The summed E-state index contributed by atoms with van der Waals surface area (Å²) < 4.78 is 23.2. The molecule has 0 unspecified atom stereocenters. The minimum Gasteiger partial charge on any atom is -0.378 e. The van der Waals surface area contributed by atoms with Gasteiger partial charge in [-0.1, -0.05) is 6.07 Å². The first-order valence-corrected chi connectivity index (χ1v) is 8.97. The molecule has 5 nitrogen and oxygen atoms in total. The van der Waals surface area contributed by atoms with Gasteiger partial charge in [-0.15, -0.1) is 0 Å². The van der Waals surface area contributed by atoms with Gasteiger partial charge in [-0.2, -0.15) is 0 Å². The summed E-state index contributed by atoms with van der Waals surface area (Å²) in [6.45, 7) is 1.91. The van der Waals surface area contributed by atoms with Crippen LogP contribution in [0.3, 0.4) is 0 Å². The summed E-state index contributed by atoms with van der Waals surface area (Å²) in [5, 5.41) is 2.82. The Hall–Kier alpha value is -2.34. The van der Waals surface area contributed by atoms with Crippen molar-refractivity contribution in [2.45, 2.75) is 11.8 Å². The van der Waals surface area contributed by atoms with E-state index in [0.29, 0.717) is 11.3 Å². The normalized spacial score (nSPS) is 11.1. The largest absolute Gasteiger partial charge is 0.378 e. The van der Waals surface area contributed by atoms with Crippen LogP contribution in [-0.4, -0.2) is 34.7 Å². The van der Waals surface area contributed by atoms with E-state index in [2.05, 4.69) is 5.32 Å². The smallest absolute Gasteiger partial charge is 0.255 e. The summed E-state index contributed by atoms with van der Waals surface area (Å²) in [7, 11) is 0.556. The molecule has 0 heterocycles. The third-order valence-electron chi connectivity index (χ3n) is 3.50. The van der Waals surface area contributed by atoms with Crippen LogP contribution in [0, 0.1) is 6.92 Å². The lowest BCUT2D eigenvalue weighted by Crippen LogP contribution is -2.14. The van der Waals surface area contributed by atoms with Gasteiger partial charge < -0.3 is 10.2 Å². The van der Waals surface area contributed by atoms with Crippen LogP contribution in [0.5, 0.6) is 0 Å². The second-order valence-corrected chi connectivity index (χ2v) is 7.66. The van der Waals surface area contributed by atoms with Crippen molar-refractivity contribution in [3.05, 3.63) is 53.6 Å². The molecule has 2 aromatic rings. The number of carbonyl (C=O) groups is 1. The number of sulfone groups is 1. The molecule has 0 aromatic heterocycles. The predicted octanol–water partition coefficient (Wildman–Crippen LogP) is 2.72. The lowest BCUT2D eigenvalue weighted by molar-refractivity contribution is 0.102. The molecule has 1 N–H and O–H groups in total. The number of rotatable bonds is 4. The summed E-state index contributed by atoms with van der Waals surface area (Å²) in [6, 6.07) is 11.7. The maximum absolute atomic E-state index is 12.3. The molecule has 0 fully saturated rings. The van der Waals surface area contributed by atoms with Crippen molar-refractivity contribution in [3.8, 4) is 0 Å². The Morgan fingerprint density at radius 1 is 1.09 bits per heavy atom. The van der Waals surface area contributed by atoms with Gasteiger partial charge in [0.05, 0.1) is 4.90 Å².